The monoisotopic (exact) mass is 627 g/mol. The molecule has 2 saturated heterocycles. The number of aromatic carboxylic acids is 1. The van der Waals surface area contributed by atoms with E-state index in [9.17, 15) is 19.5 Å². The second-order valence-corrected chi connectivity index (χ2v) is 12.6. The van der Waals surface area contributed by atoms with Crippen LogP contribution in [0.15, 0.2) is 48.5 Å². The van der Waals surface area contributed by atoms with E-state index in [2.05, 4.69) is 29.3 Å². The van der Waals surface area contributed by atoms with Gasteiger partial charge in [0.15, 0.2) is 0 Å². The number of nitrogens with zero attached hydrogens (tertiary/aromatic N) is 2. The van der Waals surface area contributed by atoms with Crippen molar-refractivity contribution in [2.75, 3.05) is 19.6 Å². The van der Waals surface area contributed by atoms with Crippen LogP contribution >= 0.6 is 12.4 Å². The molecule has 2 aromatic carbocycles. The Morgan fingerprint density at radius 1 is 1.00 bits per heavy atom. The lowest BCUT2D eigenvalue weighted by Crippen LogP contribution is -2.73. The molecule has 240 valence electrons. The summed E-state index contributed by atoms with van der Waals surface area (Å²) in [4.78, 5) is 42.9. The van der Waals surface area contributed by atoms with Crippen LogP contribution in [0.1, 0.15) is 92.6 Å². The molecule has 44 heavy (non-hydrogen) atoms. The molecule has 0 unspecified atom stereocenters. The fourth-order valence-electron chi connectivity index (χ4n) is 6.96. The number of carboxylic acid groups (broad SMARTS) is 1. The Hall–Kier alpha value is -3.14. The lowest BCUT2D eigenvalue weighted by Gasteiger charge is -2.52. The normalized spacial score (nSPS) is 21.4. The first-order valence-corrected chi connectivity index (χ1v) is 15.8. The zero-order chi connectivity index (χ0) is 30.5. The number of carboxylic acids is 1. The van der Waals surface area contributed by atoms with Crippen LogP contribution < -0.4 is 10.1 Å². The third-order valence-electron chi connectivity index (χ3n) is 9.50. The number of benzene rings is 2. The van der Waals surface area contributed by atoms with Gasteiger partial charge in [0.05, 0.1) is 11.2 Å². The van der Waals surface area contributed by atoms with Crippen molar-refractivity contribution < 1.29 is 29.3 Å². The Bertz CT molecular complexity index is 1290. The number of aliphatic hydroxyl groups is 1. The van der Waals surface area contributed by atoms with Crippen LogP contribution in [0.2, 0.25) is 0 Å². The van der Waals surface area contributed by atoms with Crippen LogP contribution in [0.25, 0.3) is 0 Å². The quantitative estimate of drug-likeness (QED) is 0.323. The number of likely N-dealkylation sites (tertiary alicyclic amines) is 1. The van der Waals surface area contributed by atoms with E-state index in [0.717, 1.165) is 49.8 Å². The summed E-state index contributed by atoms with van der Waals surface area (Å²) in [6.45, 7) is 5.17. The molecule has 1 spiro atoms. The average Bonchev–Trinajstić information content (AvgIpc) is 3.00. The first-order valence-electron chi connectivity index (χ1n) is 15.8. The van der Waals surface area contributed by atoms with Crippen LogP contribution in [-0.2, 0) is 22.7 Å². The van der Waals surface area contributed by atoms with Crippen molar-refractivity contribution in [2.45, 2.75) is 101 Å². The van der Waals surface area contributed by atoms with Crippen LogP contribution in [0, 0.1) is 0 Å². The third-order valence-corrected chi connectivity index (χ3v) is 9.50. The van der Waals surface area contributed by atoms with Gasteiger partial charge < -0.3 is 25.2 Å². The number of unbranched alkanes of at least 4 members (excludes halogenated alkanes) is 1. The van der Waals surface area contributed by atoms with Gasteiger partial charge in [0, 0.05) is 32.6 Å². The molecule has 1 atom stereocenters. The number of nitrogens with one attached hydrogen (secondary N) is 1. The van der Waals surface area contributed by atoms with E-state index in [4.69, 9.17) is 9.84 Å². The zero-order valence-corrected chi connectivity index (χ0v) is 26.4. The minimum absolute atomic E-state index is 0. The predicted molar refractivity (Wildman–Crippen MR) is 170 cm³/mol. The van der Waals surface area contributed by atoms with E-state index in [1.54, 1.807) is 12.1 Å². The number of amides is 2. The SMILES string of the molecule is CCCCN1C(=O)[C@@H](CC2(O)CCCCC2)NC(=O)C12CCN(Cc1cccc(COc3ccc(C(=O)O)cc3)c1)CC2.Cl. The van der Waals surface area contributed by atoms with Gasteiger partial charge in [-0.2, -0.15) is 0 Å². The molecule has 1 aliphatic carbocycles. The van der Waals surface area contributed by atoms with Crippen molar-refractivity contribution in [1.29, 1.82) is 0 Å². The van der Waals surface area contributed by atoms with Crippen molar-refractivity contribution in [1.82, 2.24) is 15.1 Å². The molecule has 10 heteroatoms. The minimum atomic E-state index is -0.967. The Morgan fingerprint density at radius 2 is 1.68 bits per heavy atom. The lowest BCUT2D eigenvalue weighted by atomic mass is 9.77. The first-order chi connectivity index (χ1) is 20.7. The number of piperazine rings is 1. The summed E-state index contributed by atoms with van der Waals surface area (Å²) < 4.78 is 5.87. The average molecular weight is 628 g/mol. The smallest absolute Gasteiger partial charge is 0.335 e. The van der Waals surface area contributed by atoms with Gasteiger partial charge in [-0.25, -0.2) is 4.79 Å². The molecule has 2 amide bonds. The van der Waals surface area contributed by atoms with Crippen molar-refractivity contribution in [3.05, 3.63) is 65.2 Å². The molecule has 2 heterocycles. The van der Waals surface area contributed by atoms with Crippen molar-refractivity contribution >= 4 is 30.2 Å². The predicted octanol–water partition coefficient (Wildman–Crippen LogP) is 4.93. The second kappa shape index (κ2) is 14.8. The molecule has 1 saturated carbocycles. The van der Waals surface area contributed by atoms with Gasteiger partial charge >= 0.3 is 5.97 Å². The van der Waals surface area contributed by atoms with Crippen molar-refractivity contribution in [3.8, 4) is 5.75 Å². The molecule has 0 radical (unpaired) electrons. The molecular weight excluding hydrogens is 582 g/mol. The fourth-order valence-corrected chi connectivity index (χ4v) is 6.96. The highest BCUT2D eigenvalue weighted by Gasteiger charge is 2.54. The topological polar surface area (TPSA) is 119 Å². The number of carbonyl (C=O) groups excluding carboxylic acids is 2. The molecule has 3 aliphatic rings. The highest BCUT2D eigenvalue weighted by molar-refractivity contribution is 6.00. The standard InChI is InChI=1S/C34H45N3O6.ClH/c1-2-3-18-37-30(38)29(22-33(42)14-5-4-6-15-33)35-32(41)34(37)16-19-36(20-17-34)23-25-8-7-9-26(21-25)24-43-28-12-10-27(11-13-28)31(39)40;/h7-13,21,29,42H,2-6,14-20,22-24H2,1H3,(H,35,41)(H,39,40);1H/t29-;/m1./s1. The third kappa shape index (κ3) is 7.73. The molecule has 2 aliphatic heterocycles. The summed E-state index contributed by atoms with van der Waals surface area (Å²) in [5, 5.41) is 23.3. The highest BCUT2D eigenvalue weighted by Crippen LogP contribution is 2.37. The van der Waals surface area contributed by atoms with E-state index in [-0.39, 0.29) is 29.8 Å². The number of piperidine rings is 1. The number of rotatable bonds is 11. The summed E-state index contributed by atoms with van der Waals surface area (Å²) in [6.07, 6.45) is 7.67. The molecular formula is C34H46ClN3O6. The summed E-state index contributed by atoms with van der Waals surface area (Å²) in [7, 11) is 0. The maximum atomic E-state index is 13.8. The summed E-state index contributed by atoms with van der Waals surface area (Å²) in [5.41, 5.74) is 0.674. The van der Waals surface area contributed by atoms with Crippen molar-refractivity contribution in [2.24, 2.45) is 0 Å². The van der Waals surface area contributed by atoms with E-state index in [0.29, 0.717) is 64.1 Å². The maximum Gasteiger partial charge on any atom is 0.335 e. The summed E-state index contributed by atoms with van der Waals surface area (Å²) in [6, 6.07) is 13.9. The zero-order valence-electron chi connectivity index (χ0n) is 25.6. The van der Waals surface area contributed by atoms with Crippen LogP contribution in [-0.4, -0.2) is 74.6 Å². The van der Waals surface area contributed by atoms with Crippen molar-refractivity contribution in [3.63, 3.8) is 0 Å². The van der Waals surface area contributed by atoms with Gasteiger partial charge in [-0.3, -0.25) is 14.5 Å². The Balaban J connectivity index is 0.00000442. The molecule has 9 nitrogen and oxygen atoms in total. The van der Waals surface area contributed by atoms with Crippen LogP contribution in [0.5, 0.6) is 5.75 Å². The molecule has 0 aromatic heterocycles. The van der Waals surface area contributed by atoms with Gasteiger partial charge in [-0.05, 0) is 67.5 Å². The first kappa shape index (κ1) is 33.7. The number of hydrogen-bond acceptors (Lipinski definition) is 6. The largest absolute Gasteiger partial charge is 0.489 e. The summed E-state index contributed by atoms with van der Waals surface area (Å²) >= 11 is 0. The molecule has 0 bridgehead atoms. The number of carbonyl (C=O) groups is 3. The second-order valence-electron chi connectivity index (χ2n) is 12.6. The molecule has 3 N–H and O–H groups in total. The minimum Gasteiger partial charge on any atom is -0.489 e. The van der Waals surface area contributed by atoms with Gasteiger partial charge in [-0.1, -0.05) is 56.9 Å². The van der Waals surface area contributed by atoms with Gasteiger partial charge in [-0.15, -0.1) is 12.4 Å². The van der Waals surface area contributed by atoms with Crippen LogP contribution in [0.3, 0.4) is 0 Å². The molecule has 2 aromatic rings. The maximum absolute atomic E-state index is 13.8. The highest BCUT2D eigenvalue weighted by atomic mass is 35.5. The van der Waals surface area contributed by atoms with Gasteiger partial charge in [0.1, 0.15) is 23.9 Å². The van der Waals surface area contributed by atoms with E-state index < -0.39 is 23.2 Å². The number of ether oxygens (including phenoxy) is 1. The Kier molecular flexibility index (Phi) is 11.3. The van der Waals surface area contributed by atoms with Gasteiger partial charge in [0.25, 0.3) is 0 Å². The molecule has 3 fully saturated rings. The molecule has 5 rings (SSSR count). The van der Waals surface area contributed by atoms with Crippen LogP contribution in [0.4, 0.5) is 0 Å². The van der Waals surface area contributed by atoms with E-state index >= 15 is 0 Å². The van der Waals surface area contributed by atoms with Gasteiger partial charge in [0.2, 0.25) is 11.8 Å². The Labute approximate surface area is 266 Å². The number of halogens is 1. The lowest BCUT2D eigenvalue weighted by molar-refractivity contribution is -0.163. The van der Waals surface area contributed by atoms with E-state index in [1.165, 1.54) is 12.1 Å². The van der Waals surface area contributed by atoms with E-state index in [1.807, 2.05) is 17.0 Å². The number of hydrogen-bond donors (Lipinski definition) is 3. The fraction of sp³-hybridized carbons (Fsp3) is 0.559. The summed E-state index contributed by atoms with van der Waals surface area (Å²) in [5.74, 6) is -0.459. The Morgan fingerprint density at radius 3 is 2.34 bits per heavy atom.